The molecule has 0 rings (SSSR count). The van der Waals surface area contributed by atoms with Gasteiger partial charge in [0.15, 0.2) is 5.70 Å². The van der Waals surface area contributed by atoms with Gasteiger partial charge in [-0.05, 0) is 6.92 Å². The molecule has 0 N–H and O–H groups in total. The van der Waals surface area contributed by atoms with Crippen LogP contribution >= 0.6 is 0 Å². The smallest absolute Gasteiger partial charge is 0.244 e. The van der Waals surface area contributed by atoms with Crippen molar-refractivity contribution < 1.29 is 0 Å². The Morgan fingerprint density at radius 2 is 1.73 bits per heavy atom. The van der Waals surface area contributed by atoms with Gasteiger partial charge in [-0.3, -0.25) is 0 Å². The molecule has 0 atom stereocenters. The first-order valence-corrected chi connectivity index (χ1v) is 2.58. The van der Waals surface area contributed by atoms with Gasteiger partial charge in [-0.25, -0.2) is 15.0 Å². The summed E-state index contributed by atoms with van der Waals surface area (Å²) in [5.41, 5.74) is 0.486. The second kappa shape index (κ2) is 7.95. The lowest BCUT2D eigenvalue weighted by molar-refractivity contribution is 1.51. The van der Waals surface area contributed by atoms with Crippen molar-refractivity contribution in [2.45, 2.75) is 6.92 Å². The predicted octanol–water partition coefficient (Wildman–Crippen LogP) is 2.38. The summed E-state index contributed by atoms with van der Waals surface area (Å²) in [6.07, 6.45) is 0. The molecule has 0 aliphatic heterocycles. The first-order chi connectivity index (χ1) is 5.08. The van der Waals surface area contributed by atoms with Gasteiger partial charge in [-0.15, -0.1) is 0 Å². The summed E-state index contributed by atoms with van der Waals surface area (Å²) >= 11 is 0. The normalized spacial score (nSPS) is 5.27. The van der Waals surface area contributed by atoms with Crippen LogP contribution in [0.5, 0.6) is 0 Å². The van der Waals surface area contributed by atoms with E-state index < -0.39 is 0 Å². The first kappa shape index (κ1) is 11.7. The van der Waals surface area contributed by atoms with Gasteiger partial charge in [-0.2, -0.15) is 0 Å². The number of nitriles is 1. The van der Waals surface area contributed by atoms with Crippen molar-refractivity contribution in [1.82, 2.24) is 0 Å². The largest absolute Gasteiger partial charge is 0.254 e. The minimum atomic E-state index is -0.0602. The van der Waals surface area contributed by atoms with Gasteiger partial charge in [0, 0.05) is 0 Å². The summed E-state index contributed by atoms with van der Waals surface area (Å²) in [4.78, 5) is 5.65. The molecule has 0 aromatic carbocycles. The maximum Gasteiger partial charge on any atom is 0.254 e. The van der Waals surface area contributed by atoms with E-state index in [-0.39, 0.29) is 5.70 Å². The molecule has 0 spiro atoms. The quantitative estimate of drug-likeness (QED) is 0.380. The van der Waals surface area contributed by atoms with Gasteiger partial charge in [0.25, 0.3) is 5.70 Å². The molecule has 0 radical (unpaired) electrons. The van der Waals surface area contributed by atoms with E-state index in [2.05, 4.69) is 22.8 Å². The predicted molar refractivity (Wildman–Crippen MR) is 42.8 cm³/mol. The number of rotatable bonds is 0. The van der Waals surface area contributed by atoms with Crippen LogP contribution in [0, 0.1) is 24.5 Å². The van der Waals surface area contributed by atoms with Crippen LogP contribution in [0.25, 0.3) is 9.69 Å². The molecule has 0 saturated carbocycles. The fourth-order valence-electron chi connectivity index (χ4n) is 0.0250. The molecule has 0 saturated heterocycles. The molecule has 0 aliphatic rings. The second-order valence-corrected chi connectivity index (χ2v) is 1.52. The fourth-order valence-corrected chi connectivity index (χ4v) is 0.0250. The Morgan fingerprint density at radius 3 is 1.73 bits per heavy atom. The molecule has 0 aromatic rings. The Labute approximate surface area is 66.5 Å². The Balaban J connectivity index is 0. The van der Waals surface area contributed by atoms with Crippen molar-refractivity contribution in [2.24, 2.45) is 0 Å². The third-order valence-electron chi connectivity index (χ3n) is 0.455. The van der Waals surface area contributed by atoms with Gasteiger partial charge >= 0.3 is 0 Å². The topological polar surface area (TPSA) is 32.5 Å². The number of allylic oxidation sites excluding steroid dienone is 2. The minimum absolute atomic E-state index is 0.0602. The van der Waals surface area contributed by atoms with Crippen LogP contribution in [0.2, 0.25) is 0 Å². The summed E-state index contributed by atoms with van der Waals surface area (Å²) in [6, 6.07) is 1.57. The van der Waals surface area contributed by atoms with Gasteiger partial charge in [-0.1, -0.05) is 13.2 Å². The van der Waals surface area contributed by atoms with Crippen LogP contribution < -0.4 is 0 Å². The molecule has 11 heavy (non-hydrogen) atoms. The van der Waals surface area contributed by atoms with Gasteiger partial charge in [0.2, 0.25) is 0 Å². The van der Waals surface area contributed by atoms with Crippen LogP contribution in [0.4, 0.5) is 0 Å². The Bertz CT molecular complexity index is 251. The highest BCUT2D eigenvalue weighted by Gasteiger charge is 1.76. The fraction of sp³-hybridized carbons (Fsp3) is 0.125. The molecule has 0 bridgehead atoms. The summed E-state index contributed by atoms with van der Waals surface area (Å²) in [7, 11) is 0. The van der Waals surface area contributed by atoms with E-state index in [1.54, 1.807) is 13.0 Å². The van der Waals surface area contributed by atoms with E-state index in [1.165, 1.54) is 0 Å². The van der Waals surface area contributed by atoms with Gasteiger partial charge in [0.05, 0.1) is 19.2 Å². The summed E-state index contributed by atoms with van der Waals surface area (Å²) in [5, 5.41) is 7.77. The van der Waals surface area contributed by atoms with Gasteiger partial charge < -0.3 is 0 Å². The third-order valence-corrected chi connectivity index (χ3v) is 0.455. The highest BCUT2D eigenvalue weighted by Crippen LogP contribution is 1.82. The number of nitrogens with zero attached hydrogens (tertiary/aromatic N) is 3. The highest BCUT2D eigenvalue weighted by atomic mass is 14.6. The van der Waals surface area contributed by atoms with Crippen LogP contribution in [-0.4, -0.2) is 0 Å². The number of hydrogen-bond acceptors (Lipinski definition) is 1. The van der Waals surface area contributed by atoms with Crippen LogP contribution in [0.1, 0.15) is 6.92 Å². The lowest BCUT2D eigenvalue weighted by Gasteiger charge is -1.63. The van der Waals surface area contributed by atoms with E-state index in [1.807, 2.05) is 0 Å². The van der Waals surface area contributed by atoms with Crippen LogP contribution in [-0.2, 0) is 0 Å². The second-order valence-electron chi connectivity index (χ2n) is 1.52. The Morgan fingerprint density at radius 1 is 1.36 bits per heavy atom. The zero-order valence-electron chi connectivity index (χ0n) is 6.26. The van der Waals surface area contributed by atoms with E-state index in [4.69, 9.17) is 18.4 Å². The molecule has 54 valence electrons. The lowest BCUT2D eigenvalue weighted by atomic mass is 10.6. The molecule has 0 aliphatic carbocycles. The maximum absolute atomic E-state index is 7.77. The average molecular weight is 145 g/mol. The third kappa shape index (κ3) is 18.0. The van der Waals surface area contributed by atoms with Crippen molar-refractivity contribution in [2.75, 3.05) is 0 Å². The van der Waals surface area contributed by atoms with E-state index in [0.717, 1.165) is 0 Å². The van der Waals surface area contributed by atoms with Crippen molar-refractivity contribution in [1.29, 1.82) is 5.26 Å². The monoisotopic (exact) mass is 145 g/mol. The highest BCUT2D eigenvalue weighted by molar-refractivity contribution is 5.22. The summed E-state index contributed by atoms with van der Waals surface area (Å²) in [6.45, 7) is 20.4. The average Bonchev–Trinajstić information content (AvgIpc) is 2.04. The minimum Gasteiger partial charge on any atom is -0.244 e. The van der Waals surface area contributed by atoms with Gasteiger partial charge in [0.1, 0.15) is 0 Å². The summed E-state index contributed by atoms with van der Waals surface area (Å²) < 4.78 is 0. The van der Waals surface area contributed by atoms with Crippen molar-refractivity contribution in [3.8, 4) is 6.07 Å². The first-order valence-electron chi connectivity index (χ1n) is 2.58. The Hall–Kier alpha value is -2.05. The van der Waals surface area contributed by atoms with Crippen LogP contribution in [0.3, 0.4) is 0 Å². The molecule has 0 heterocycles. The van der Waals surface area contributed by atoms with Crippen molar-refractivity contribution >= 4 is 0 Å². The molecular weight excluding hydrogens is 138 g/mol. The molecular formula is C8H7N3. The van der Waals surface area contributed by atoms with E-state index >= 15 is 0 Å². The Kier molecular flexibility index (Phi) is 8.46. The molecule has 3 nitrogen and oxygen atoms in total. The molecule has 3 heteroatoms. The van der Waals surface area contributed by atoms with E-state index in [9.17, 15) is 0 Å². The zero-order chi connectivity index (χ0) is 9.28. The molecule has 0 fully saturated rings. The zero-order valence-corrected chi connectivity index (χ0v) is 6.26. The van der Waals surface area contributed by atoms with Crippen LogP contribution in [0.15, 0.2) is 24.6 Å². The summed E-state index contributed by atoms with van der Waals surface area (Å²) in [5.74, 6) is 0. The number of hydrogen-bond donors (Lipinski definition) is 0. The molecule has 0 amide bonds. The SMILES string of the molecule is [C-]#[N+]C(=C)C.[C-]#[N+]C(=C)C#N. The maximum atomic E-state index is 7.77. The lowest BCUT2D eigenvalue weighted by Crippen LogP contribution is -1.53. The van der Waals surface area contributed by atoms with E-state index in [0.29, 0.717) is 5.70 Å². The molecule has 0 unspecified atom stereocenters. The van der Waals surface area contributed by atoms with Crippen molar-refractivity contribution in [3.05, 3.63) is 47.4 Å². The standard InChI is InChI=1S/C4H2N2.C4H5N/c1-4(3-5)6-2;1-4(2)5-3/h1H2;1H2,2H3. The van der Waals surface area contributed by atoms with Crippen molar-refractivity contribution in [3.63, 3.8) is 0 Å². The molecule has 0 aromatic heterocycles.